The van der Waals surface area contributed by atoms with Gasteiger partial charge < -0.3 is 20.7 Å². The Balaban J connectivity index is 2.24. The molecule has 0 radical (unpaired) electrons. The van der Waals surface area contributed by atoms with E-state index >= 15 is 0 Å². The molecule has 2 rings (SSSR count). The zero-order valence-electron chi connectivity index (χ0n) is 8.59. The van der Waals surface area contributed by atoms with E-state index in [0.29, 0.717) is 12.2 Å². The Labute approximate surface area is 92.5 Å². The lowest BCUT2D eigenvalue weighted by Crippen LogP contribution is -2.36. The van der Waals surface area contributed by atoms with Crippen LogP contribution in [-0.2, 0) is 11.2 Å². The highest BCUT2D eigenvalue weighted by Gasteiger charge is 2.24. The minimum absolute atomic E-state index is 0.513. The molecule has 1 aromatic carbocycles. The molecule has 2 unspecified atom stereocenters. The zero-order chi connectivity index (χ0) is 11.7. The summed E-state index contributed by atoms with van der Waals surface area (Å²) in [5, 5.41) is 18.4. The molecule has 0 aromatic heterocycles. The monoisotopic (exact) mass is 223 g/mol. The van der Waals surface area contributed by atoms with E-state index in [1.165, 1.54) is 0 Å². The number of benzene rings is 1. The van der Waals surface area contributed by atoms with Gasteiger partial charge in [-0.3, -0.25) is 4.79 Å². The lowest BCUT2D eigenvalue weighted by Gasteiger charge is -2.15. The first-order chi connectivity index (χ1) is 7.59. The molecule has 0 aliphatic carbocycles. The maximum Gasteiger partial charge on any atom is 0.323 e. The molecule has 0 bridgehead atoms. The van der Waals surface area contributed by atoms with E-state index in [4.69, 9.17) is 15.6 Å². The molecule has 1 aliphatic rings. The number of ether oxygens (including phenoxy) is 1. The highest BCUT2D eigenvalue weighted by atomic mass is 16.5. The molecule has 0 saturated heterocycles. The van der Waals surface area contributed by atoms with Gasteiger partial charge in [-0.2, -0.15) is 0 Å². The lowest BCUT2D eigenvalue weighted by atomic mass is 10.00. The third kappa shape index (κ3) is 1.87. The Hall–Kier alpha value is -1.59. The van der Waals surface area contributed by atoms with Gasteiger partial charge in [-0.25, -0.2) is 0 Å². The quantitative estimate of drug-likeness (QED) is 0.674. The van der Waals surface area contributed by atoms with Crippen molar-refractivity contribution in [3.05, 3.63) is 29.3 Å². The second-order valence-electron chi connectivity index (χ2n) is 3.77. The fourth-order valence-corrected chi connectivity index (χ4v) is 1.73. The molecule has 0 amide bonds. The summed E-state index contributed by atoms with van der Waals surface area (Å²) in [5.41, 5.74) is 6.85. The van der Waals surface area contributed by atoms with Gasteiger partial charge in [0.2, 0.25) is 0 Å². The van der Waals surface area contributed by atoms with Gasteiger partial charge in [0.1, 0.15) is 17.9 Å². The Morgan fingerprint density at radius 2 is 2.25 bits per heavy atom. The van der Waals surface area contributed by atoms with Crippen LogP contribution in [0.2, 0.25) is 0 Å². The number of aliphatic carboxylic acids is 1. The Kier molecular flexibility index (Phi) is 2.80. The third-order valence-corrected chi connectivity index (χ3v) is 2.68. The van der Waals surface area contributed by atoms with Crippen LogP contribution in [0.15, 0.2) is 18.2 Å². The van der Waals surface area contributed by atoms with Gasteiger partial charge in [-0.1, -0.05) is 6.07 Å². The molecule has 5 nitrogen and oxygen atoms in total. The van der Waals surface area contributed by atoms with E-state index in [2.05, 4.69) is 0 Å². The molecule has 0 saturated carbocycles. The van der Waals surface area contributed by atoms with Crippen LogP contribution >= 0.6 is 0 Å². The van der Waals surface area contributed by atoms with Crippen LogP contribution in [0.5, 0.6) is 5.75 Å². The summed E-state index contributed by atoms with van der Waals surface area (Å²) >= 11 is 0. The van der Waals surface area contributed by atoms with Crippen molar-refractivity contribution in [3.63, 3.8) is 0 Å². The molecule has 1 aromatic rings. The SMILES string of the molecule is NC(C(=O)O)C(O)c1ccc2c(c1)CCO2. The van der Waals surface area contributed by atoms with Crippen LogP contribution in [0.25, 0.3) is 0 Å². The van der Waals surface area contributed by atoms with Gasteiger partial charge in [0.25, 0.3) is 0 Å². The average Bonchev–Trinajstić information content (AvgIpc) is 2.73. The van der Waals surface area contributed by atoms with Crippen LogP contribution in [0.1, 0.15) is 17.2 Å². The minimum Gasteiger partial charge on any atom is -0.493 e. The molecule has 16 heavy (non-hydrogen) atoms. The van der Waals surface area contributed by atoms with Gasteiger partial charge in [0, 0.05) is 6.42 Å². The van der Waals surface area contributed by atoms with Crippen LogP contribution < -0.4 is 10.5 Å². The maximum atomic E-state index is 10.6. The number of aliphatic hydroxyl groups excluding tert-OH is 1. The maximum absolute atomic E-state index is 10.6. The number of aliphatic hydroxyl groups is 1. The molecule has 5 heteroatoms. The smallest absolute Gasteiger partial charge is 0.323 e. The highest BCUT2D eigenvalue weighted by Crippen LogP contribution is 2.28. The minimum atomic E-state index is -1.31. The number of nitrogens with two attached hydrogens (primary N) is 1. The second-order valence-corrected chi connectivity index (χ2v) is 3.77. The largest absolute Gasteiger partial charge is 0.493 e. The number of carbonyl (C=O) groups is 1. The van der Waals surface area contributed by atoms with Crippen LogP contribution in [0, 0.1) is 0 Å². The number of hydrogen-bond donors (Lipinski definition) is 3. The summed E-state index contributed by atoms with van der Waals surface area (Å²) in [6.45, 7) is 0.625. The van der Waals surface area contributed by atoms with Gasteiger partial charge in [-0.15, -0.1) is 0 Å². The number of hydrogen-bond acceptors (Lipinski definition) is 4. The summed E-state index contributed by atoms with van der Waals surface area (Å²) < 4.78 is 5.31. The van der Waals surface area contributed by atoms with Gasteiger partial charge in [0.05, 0.1) is 6.61 Å². The molecule has 1 aliphatic heterocycles. The molecular formula is C11H13NO4. The predicted octanol–water partition coefficient (Wildman–Crippen LogP) is 0.0668. The fraction of sp³-hybridized carbons (Fsp3) is 0.364. The molecule has 2 atom stereocenters. The Morgan fingerprint density at radius 3 is 2.94 bits per heavy atom. The van der Waals surface area contributed by atoms with Crippen LogP contribution in [0.4, 0.5) is 0 Å². The van der Waals surface area contributed by atoms with E-state index in [-0.39, 0.29) is 0 Å². The normalized spacial score (nSPS) is 17.4. The summed E-state index contributed by atoms with van der Waals surface area (Å²) in [5.74, 6) is -0.427. The number of carboxylic acids is 1. The lowest BCUT2D eigenvalue weighted by molar-refractivity contribution is -0.141. The van der Waals surface area contributed by atoms with E-state index in [9.17, 15) is 9.90 Å². The first-order valence-corrected chi connectivity index (χ1v) is 5.01. The first-order valence-electron chi connectivity index (χ1n) is 5.01. The molecule has 4 N–H and O–H groups in total. The number of fused-ring (bicyclic) bond motifs is 1. The fourth-order valence-electron chi connectivity index (χ4n) is 1.73. The van der Waals surface area contributed by atoms with Gasteiger partial charge in [-0.05, 0) is 23.3 Å². The van der Waals surface area contributed by atoms with Crippen molar-refractivity contribution in [2.45, 2.75) is 18.6 Å². The third-order valence-electron chi connectivity index (χ3n) is 2.68. The average molecular weight is 223 g/mol. The van der Waals surface area contributed by atoms with E-state index < -0.39 is 18.1 Å². The van der Waals surface area contributed by atoms with Crippen molar-refractivity contribution in [1.82, 2.24) is 0 Å². The Morgan fingerprint density at radius 1 is 1.50 bits per heavy atom. The molecule has 86 valence electrons. The summed E-state index contributed by atoms with van der Waals surface area (Å²) in [4.78, 5) is 10.6. The van der Waals surface area contributed by atoms with Crippen molar-refractivity contribution < 1.29 is 19.7 Å². The van der Waals surface area contributed by atoms with Gasteiger partial charge in [0.15, 0.2) is 0 Å². The summed E-state index contributed by atoms with van der Waals surface area (Å²) in [7, 11) is 0. The second kappa shape index (κ2) is 4.11. The van der Waals surface area contributed by atoms with Gasteiger partial charge >= 0.3 is 5.97 Å². The Bertz CT molecular complexity index is 418. The summed E-state index contributed by atoms with van der Waals surface area (Å²) in [6.07, 6.45) is -0.415. The van der Waals surface area contributed by atoms with E-state index in [1.807, 2.05) is 0 Å². The zero-order valence-corrected chi connectivity index (χ0v) is 8.59. The summed E-state index contributed by atoms with van der Waals surface area (Å²) in [6, 6.07) is 3.81. The highest BCUT2D eigenvalue weighted by molar-refractivity contribution is 5.74. The van der Waals surface area contributed by atoms with Crippen molar-refractivity contribution in [1.29, 1.82) is 0 Å². The number of rotatable bonds is 3. The van der Waals surface area contributed by atoms with E-state index in [0.717, 1.165) is 17.7 Å². The number of carboxylic acid groups (broad SMARTS) is 1. The van der Waals surface area contributed by atoms with Crippen molar-refractivity contribution in [2.75, 3.05) is 6.61 Å². The van der Waals surface area contributed by atoms with Crippen molar-refractivity contribution in [2.24, 2.45) is 5.73 Å². The molecule has 1 heterocycles. The molecule has 0 fully saturated rings. The van der Waals surface area contributed by atoms with Crippen molar-refractivity contribution >= 4 is 5.97 Å². The molecular weight excluding hydrogens is 210 g/mol. The topological polar surface area (TPSA) is 92.8 Å². The van der Waals surface area contributed by atoms with Crippen LogP contribution in [-0.4, -0.2) is 28.8 Å². The van der Waals surface area contributed by atoms with Crippen LogP contribution in [0.3, 0.4) is 0 Å². The first kappa shape index (κ1) is 10.9. The van der Waals surface area contributed by atoms with E-state index in [1.54, 1.807) is 18.2 Å². The van der Waals surface area contributed by atoms with Crippen molar-refractivity contribution in [3.8, 4) is 5.75 Å². The predicted molar refractivity (Wildman–Crippen MR) is 56.2 cm³/mol. The standard InChI is InChI=1S/C11H13NO4/c12-9(11(14)15)10(13)7-1-2-8-6(5-7)3-4-16-8/h1-2,5,9-10,13H,3-4,12H2,(H,14,15). The molecule has 0 spiro atoms.